The average molecular weight is 485 g/mol. The Hall–Kier alpha value is -3.98. The van der Waals surface area contributed by atoms with Crippen LogP contribution in [-0.4, -0.2) is 70.2 Å². The van der Waals surface area contributed by atoms with Gasteiger partial charge in [-0.25, -0.2) is 14.5 Å². The summed E-state index contributed by atoms with van der Waals surface area (Å²) in [4.78, 5) is 26.4. The molecule has 5 rings (SSSR count). The van der Waals surface area contributed by atoms with Crippen molar-refractivity contribution in [3.63, 3.8) is 0 Å². The van der Waals surface area contributed by atoms with Gasteiger partial charge in [0.25, 0.3) is 5.91 Å². The van der Waals surface area contributed by atoms with Crippen molar-refractivity contribution >= 4 is 28.9 Å². The zero-order valence-corrected chi connectivity index (χ0v) is 21.0. The summed E-state index contributed by atoms with van der Waals surface area (Å²) in [6, 6.07) is 16.0. The third-order valence-electron chi connectivity index (χ3n) is 6.47. The molecule has 1 unspecified atom stereocenters. The Kier molecular flexibility index (Phi) is 6.81. The van der Waals surface area contributed by atoms with E-state index in [1.807, 2.05) is 67.7 Å². The van der Waals surface area contributed by atoms with Crippen molar-refractivity contribution in [2.24, 2.45) is 0 Å². The predicted octanol–water partition coefficient (Wildman–Crippen LogP) is 3.82. The van der Waals surface area contributed by atoms with Crippen LogP contribution in [0.25, 0.3) is 16.9 Å². The lowest BCUT2D eigenvalue weighted by atomic mass is 10.1. The SMILES string of the molecule is CC1CCCN1c1cccc(Nc2cc(-c3cccc(C(=O)NCCN(C)C)c3)nn3ccnc23)n1. The molecule has 1 aliphatic rings. The minimum absolute atomic E-state index is 0.0992. The summed E-state index contributed by atoms with van der Waals surface area (Å²) in [5, 5.41) is 11.2. The standard InChI is InChI=1S/C27H32N8O/c1-19-7-6-14-34(19)25-11-5-10-24(31-25)30-23-18-22(32-35-16-13-28-26(23)35)20-8-4-9-21(17-20)27(36)29-12-15-33(2)3/h4-5,8-11,13,16-19H,6-7,12,14-15H2,1-3H3,(H,29,36)(H,30,31). The van der Waals surface area contributed by atoms with Gasteiger partial charge in [0.15, 0.2) is 5.65 Å². The highest BCUT2D eigenvalue weighted by Gasteiger charge is 2.21. The molecule has 2 N–H and O–H groups in total. The van der Waals surface area contributed by atoms with Crippen LogP contribution in [0.4, 0.5) is 17.3 Å². The summed E-state index contributed by atoms with van der Waals surface area (Å²) < 4.78 is 1.74. The molecule has 186 valence electrons. The average Bonchev–Trinajstić information content (AvgIpc) is 3.53. The van der Waals surface area contributed by atoms with E-state index in [9.17, 15) is 4.79 Å². The Labute approximate surface area is 211 Å². The molecule has 1 aromatic carbocycles. The maximum atomic E-state index is 12.7. The second-order valence-corrected chi connectivity index (χ2v) is 9.47. The Morgan fingerprint density at radius 3 is 2.83 bits per heavy atom. The Balaban J connectivity index is 1.42. The second kappa shape index (κ2) is 10.3. The van der Waals surface area contributed by atoms with Crippen LogP contribution in [0.3, 0.4) is 0 Å². The molecule has 0 radical (unpaired) electrons. The van der Waals surface area contributed by atoms with Gasteiger partial charge in [-0.05, 0) is 64.2 Å². The number of likely N-dealkylation sites (N-methyl/N-ethyl adjacent to an activating group) is 1. The number of aromatic nitrogens is 4. The summed E-state index contributed by atoms with van der Waals surface area (Å²) in [6.45, 7) is 4.64. The molecule has 4 aromatic rings. The van der Waals surface area contributed by atoms with E-state index in [1.165, 1.54) is 12.8 Å². The second-order valence-electron chi connectivity index (χ2n) is 9.47. The highest BCUT2D eigenvalue weighted by atomic mass is 16.1. The number of hydrogen-bond donors (Lipinski definition) is 2. The first kappa shape index (κ1) is 23.7. The number of rotatable bonds is 8. The normalized spacial score (nSPS) is 15.6. The molecule has 9 nitrogen and oxygen atoms in total. The van der Waals surface area contributed by atoms with Gasteiger partial charge < -0.3 is 20.4 Å². The number of hydrogen-bond acceptors (Lipinski definition) is 7. The molecule has 1 amide bonds. The Morgan fingerprint density at radius 1 is 1.17 bits per heavy atom. The first-order valence-electron chi connectivity index (χ1n) is 12.4. The number of imidazole rings is 1. The first-order valence-corrected chi connectivity index (χ1v) is 12.4. The zero-order chi connectivity index (χ0) is 25.1. The minimum Gasteiger partial charge on any atom is -0.354 e. The van der Waals surface area contributed by atoms with Crippen molar-refractivity contribution in [2.45, 2.75) is 25.8 Å². The number of carbonyl (C=O) groups excluding carboxylic acids is 1. The van der Waals surface area contributed by atoms with Crippen LogP contribution in [0, 0.1) is 0 Å². The maximum Gasteiger partial charge on any atom is 0.251 e. The molecule has 9 heteroatoms. The van der Waals surface area contributed by atoms with E-state index < -0.39 is 0 Å². The summed E-state index contributed by atoms with van der Waals surface area (Å²) >= 11 is 0. The maximum absolute atomic E-state index is 12.7. The fourth-order valence-corrected chi connectivity index (χ4v) is 4.53. The first-order chi connectivity index (χ1) is 17.5. The predicted molar refractivity (Wildman–Crippen MR) is 143 cm³/mol. The molecule has 1 aliphatic heterocycles. The van der Waals surface area contributed by atoms with E-state index in [2.05, 4.69) is 33.5 Å². The van der Waals surface area contributed by atoms with Crippen molar-refractivity contribution in [3.8, 4) is 11.3 Å². The fourth-order valence-electron chi connectivity index (χ4n) is 4.53. The minimum atomic E-state index is -0.0992. The van der Waals surface area contributed by atoms with Crippen LogP contribution in [0.2, 0.25) is 0 Å². The molecule has 1 fully saturated rings. The quantitative estimate of drug-likeness (QED) is 0.393. The van der Waals surface area contributed by atoms with Gasteiger partial charge >= 0.3 is 0 Å². The van der Waals surface area contributed by atoms with E-state index in [4.69, 9.17) is 10.1 Å². The molecular weight excluding hydrogens is 452 g/mol. The molecular formula is C27H32N8O. The summed E-state index contributed by atoms with van der Waals surface area (Å²) in [5.41, 5.74) is 3.68. The number of amides is 1. The van der Waals surface area contributed by atoms with Gasteiger partial charge in [-0.15, -0.1) is 0 Å². The number of fused-ring (bicyclic) bond motifs is 1. The van der Waals surface area contributed by atoms with Crippen LogP contribution in [0.15, 0.2) is 60.9 Å². The Bertz CT molecular complexity index is 1360. The van der Waals surface area contributed by atoms with Crippen LogP contribution in [-0.2, 0) is 0 Å². The molecule has 1 saturated heterocycles. The molecule has 3 aromatic heterocycles. The molecule has 1 atom stereocenters. The van der Waals surface area contributed by atoms with Crippen LogP contribution < -0.4 is 15.5 Å². The van der Waals surface area contributed by atoms with Crippen LogP contribution in [0.5, 0.6) is 0 Å². The highest BCUT2D eigenvalue weighted by molar-refractivity contribution is 5.95. The van der Waals surface area contributed by atoms with Gasteiger partial charge in [0.1, 0.15) is 11.6 Å². The topological polar surface area (TPSA) is 90.7 Å². The van der Waals surface area contributed by atoms with Crippen molar-refractivity contribution in [2.75, 3.05) is 43.9 Å². The molecule has 0 aliphatic carbocycles. The smallest absolute Gasteiger partial charge is 0.251 e. The lowest BCUT2D eigenvalue weighted by Gasteiger charge is -2.23. The summed E-state index contributed by atoms with van der Waals surface area (Å²) in [6.07, 6.45) is 5.92. The van der Waals surface area contributed by atoms with E-state index in [-0.39, 0.29) is 5.91 Å². The molecule has 36 heavy (non-hydrogen) atoms. The number of carbonyl (C=O) groups is 1. The number of nitrogens with zero attached hydrogens (tertiary/aromatic N) is 6. The number of benzene rings is 1. The third kappa shape index (κ3) is 5.16. The molecule has 4 heterocycles. The third-order valence-corrected chi connectivity index (χ3v) is 6.47. The molecule has 0 spiro atoms. The number of pyridine rings is 1. The molecule has 0 bridgehead atoms. The Morgan fingerprint density at radius 2 is 2.03 bits per heavy atom. The van der Waals surface area contributed by atoms with Crippen molar-refractivity contribution < 1.29 is 4.79 Å². The van der Waals surface area contributed by atoms with Crippen LogP contribution >= 0.6 is 0 Å². The lowest BCUT2D eigenvalue weighted by molar-refractivity contribution is 0.0951. The zero-order valence-electron chi connectivity index (χ0n) is 21.0. The van der Waals surface area contributed by atoms with Crippen LogP contribution in [0.1, 0.15) is 30.1 Å². The summed E-state index contributed by atoms with van der Waals surface area (Å²) in [5.74, 6) is 1.63. The van der Waals surface area contributed by atoms with E-state index in [0.717, 1.165) is 41.7 Å². The van der Waals surface area contributed by atoms with Gasteiger partial charge in [-0.3, -0.25) is 4.79 Å². The van der Waals surface area contributed by atoms with Crippen molar-refractivity contribution in [1.29, 1.82) is 0 Å². The van der Waals surface area contributed by atoms with E-state index >= 15 is 0 Å². The number of nitrogens with one attached hydrogen (secondary N) is 2. The summed E-state index contributed by atoms with van der Waals surface area (Å²) in [7, 11) is 3.96. The van der Waals surface area contributed by atoms with Gasteiger partial charge in [0, 0.05) is 49.2 Å². The van der Waals surface area contributed by atoms with Gasteiger partial charge in [-0.2, -0.15) is 5.10 Å². The number of anilines is 3. The highest BCUT2D eigenvalue weighted by Crippen LogP contribution is 2.28. The van der Waals surface area contributed by atoms with Gasteiger partial charge in [0.05, 0.1) is 11.4 Å². The largest absolute Gasteiger partial charge is 0.354 e. The van der Waals surface area contributed by atoms with E-state index in [1.54, 1.807) is 10.7 Å². The van der Waals surface area contributed by atoms with Gasteiger partial charge in [-0.1, -0.05) is 18.2 Å². The lowest BCUT2D eigenvalue weighted by Crippen LogP contribution is -2.31. The van der Waals surface area contributed by atoms with Gasteiger partial charge in [0.2, 0.25) is 0 Å². The molecule has 0 saturated carbocycles. The van der Waals surface area contributed by atoms with Crippen molar-refractivity contribution in [3.05, 3.63) is 66.5 Å². The van der Waals surface area contributed by atoms with E-state index in [0.29, 0.717) is 23.8 Å². The fraction of sp³-hybridized carbons (Fsp3) is 0.333. The van der Waals surface area contributed by atoms with Crippen molar-refractivity contribution in [1.82, 2.24) is 29.8 Å². The monoisotopic (exact) mass is 484 g/mol.